The summed E-state index contributed by atoms with van der Waals surface area (Å²) in [7, 11) is 1.79. The van der Waals surface area contributed by atoms with Crippen molar-refractivity contribution in [2.75, 3.05) is 4.90 Å². The quantitative estimate of drug-likeness (QED) is 0.611. The number of aryl methyl sites for hydroxylation is 1. The highest BCUT2D eigenvalue weighted by Crippen LogP contribution is 2.39. The van der Waals surface area contributed by atoms with Gasteiger partial charge in [0, 0.05) is 36.3 Å². The van der Waals surface area contributed by atoms with E-state index in [1.54, 1.807) is 36.4 Å². The normalized spacial score (nSPS) is 26.8. The maximum Gasteiger partial charge on any atom is 0.245 e. The van der Waals surface area contributed by atoms with E-state index in [4.69, 9.17) is 0 Å². The lowest BCUT2D eigenvalue weighted by Gasteiger charge is -2.46. The third-order valence-corrected chi connectivity index (χ3v) is 7.00. The van der Waals surface area contributed by atoms with Gasteiger partial charge in [-0.15, -0.1) is 10.2 Å². The first kappa shape index (κ1) is 20.5. The van der Waals surface area contributed by atoms with Crippen LogP contribution in [0.5, 0.6) is 5.75 Å². The monoisotopic (exact) mass is 450 g/mol. The maximum absolute atomic E-state index is 15.4. The fraction of sp³-hybridized carbons (Fsp3) is 0.522. The molecule has 3 aliphatic rings. The van der Waals surface area contributed by atoms with Crippen LogP contribution in [0, 0.1) is 0 Å². The van der Waals surface area contributed by atoms with Gasteiger partial charge in [0.2, 0.25) is 5.95 Å². The van der Waals surface area contributed by atoms with Gasteiger partial charge in [-0.1, -0.05) is 12.5 Å². The SMILES string of the molecule is Cn1cnc(-c2ccc(-c3cnc(N(C4CC4)[C@H]4C[C@@H]5CCC[C@H](N5)[C@H]4F)nn3)c(O)c2)n1. The highest BCUT2D eigenvalue weighted by atomic mass is 19.1. The number of hydrogen-bond acceptors (Lipinski definition) is 8. The lowest BCUT2D eigenvalue weighted by Crippen LogP contribution is -2.62. The van der Waals surface area contributed by atoms with E-state index in [0.29, 0.717) is 34.6 Å². The first-order valence-corrected chi connectivity index (χ1v) is 11.6. The summed E-state index contributed by atoms with van der Waals surface area (Å²) in [5.41, 5.74) is 1.70. The van der Waals surface area contributed by atoms with E-state index in [0.717, 1.165) is 38.5 Å². The Balaban J connectivity index is 1.26. The van der Waals surface area contributed by atoms with E-state index < -0.39 is 6.17 Å². The van der Waals surface area contributed by atoms with Crippen LogP contribution in [0.2, 0.25) is 0 Å². The van der Waals surface area contributed by atoms with Crippen LogP contribution < -0.4 is 10.2 Å². The molecule has 3 fully saturated rings. The molecule has 4 atom stereocenters. The van der Waals surface area contributed by atoms with E-state index in [9.17, 15) is 5.11 Å². The van der Waals surface area contributed by atoms with E-state index in [1.165, 1.54) is 0 Å². The molecule has 1 aliphatic carbocycles. The molecule has 2 saturated heterocycles. The first-order chi connectivity index (χ1) is 16.1. The molecule has 0 radical (unpaired) electrons. The molecule has 10 heteroatoms. The highest BCUT2D eigenvalue weighted by molar-refractivity contribution is 5.71. The smallest absolute Gasteiger partial charge is 0.245 e. The Morgan fingerprint density at radius 2 is 2.03 bits per heavy atom. The largest absolute Gasteiger partial charge is 0.507 e. The van der Waals surface area contributed by atoms with Crippen molar-refractivity contribution in [2.24, 2.45) is 7.05 Å². The molecular formula is C23H27FN8O. The number of phenolic OH excluding ortho intramolecular Hbond substituents is 1. The molecule has 2 N–H and O–H groups in total. The summed E-state index contributed by atoms with van der Waals surface area (Å²) in [6, 6.07) is 5.53. The molecule has 9 nitrogen and oxygen atoms in total. The third kappa shape index (κ3) is 3.82. The van der Waals surface area contributed by atoms with Gasteiger partial charge in [0.05, 0.1) is 12.2 Å². The predicted molar refractivity (Wildman–Crippen MR) is 120 cm³/mol. The van der Waals surface area contributed by atoms with Gasteiger partial charge in [0.25, 0.3) is 0 Å². The summed E-state index contributed by atoms with van der Waals surface area (Å²) in [5.74, 6) is 1.06. The maximum atomic E-state index is 15.4. The van der Waals surface area contributed by atoms with Crippen LogP contribution in [0.1, 0.15) is 38.5 Å². The zero-order chi connectivity index (χ0) is 22.5. The molecule has 2 bridgehead atoms. The topological polar surface area (TPSA) is 105 Å². The second-order valence-corrected chi connectivity index (χ2v) is 9.40. The van der Waals surface area contributed by atoms with Crippen molar-refractivity contribution in [1.29, 1.82) is 0 Å². The number of fused-ring (bicyclic) bond motifs is 2. The minimum absolute atomic E-state index is 0.0536. The van der Waals surface area contributed by atoms with E-state index in [1.807, 2.05) is 6.07 Å². The Hall–Kier alpha value is -3.14. The molecule has 1 saturated carbocycles. The number of nitrogens with one attached hydrogen (secondary N) is 1. The molecule has 33 heavy (non-hydrogen) atoms. The second-order valence-electron chi connectivity index (χ2n) is 9.40. The Labute approximate surface area is 191 Å². The van der Waals surface area contributed by atoms with Gasteiger partial charge < -0.3 is 15.3 Å². The van der Waals surface area contributed by atoms with E-state index in [2.05, 4.69) is 35.5 Å². The molecule has 3 aromatic rings. The number of aromatic nitrogens is 6. The van der Waals surface area contributed by atoms with Crippen molar-refractivity contribution in [3.8, 4) is 28.4 Å². The molecule has 2 aliphatic heterocycles. The number of rotatable bonds is 5. The summed E-state index contributed by atoms with van der Waals surface area (Å²) in [5, 5.41) is 27.1. The van der Waals surface area contributed by atoms with Crippen LogP contribution in [-0.2, 0) is 7.05 Å². The predicted octanol–water partition coefficient (Wildman–Crippen LogP) is 2.63. The zero-order valence-electron chi connectivity index (χ0n) is 18.5. The van der Waals surface area contributed by atoms with Crippen molar-refractivity contribution in [1.82, 2.24) is 35.3 Å². The fourth-order valence-corrected chi connectivity index (χ4v) is 5.25. The minimum Gasteiger partial charge on any atom is -0.507 e. The van der Waals surface area contributed by atoms with Gasteiger partial charge in [0.1, 0.15) is 23.9 Å². The molecule has 4 heterocycles. The molecule has 0 spiro atoms. The van der Waals surface area contributed by atoms with Crippen molar-refractivity contribution < 1.29 is 9.50 Å². The van der Waals surface area contributed by atoms with Crippen LogP contribution in [0.4, 0.5) is 10.3 Å². The third-order valence-electron chi connectivity index (χ3n) is 7.00. The number of aromatic hydroxyl groups is 1. The Bertz CT molecular complexity index is 1150. The number of piperidine rings is 2. The van der Waals surface area contributed by atoms with Crippen LogP contribution in [0.3, 0.4) is 0 Å². The molecule has 1 aromatic carbocycles. The second kappa shape index (κ2) is 8.02. The number of nitrogens with zero attached hydrogens (tertiary/aromatic N) is 7. The number of benzene rings is 1. The van der Waals surface area contributed by atoms with Crippen LogP contribution in [-0.4, -0.2) is 65.4 Å². The number of alkyl halides is 1. The molecule has 0 unspecified atom stereocenters. The molecule has 2 aromatic heterocycles. The van der Waals surface area contributed by atoms with Crippen LogP contribution in [0.15, 0.2) is 30.7 Å². The van der Waals surface area contributed by atoms with Gasteiger partial charge >= 0.3 is 0 Å². The summed E-state index contributed by atoms with van der Waals surface area (Å²) in [6.45, 7) is 0. The van der Waals surface area contributed by atoms with Crippen molar-refractivity contribution in [2.45, 2.75) is 68.9 Å². The standard InChI is InChI=1S/C23H27FN8O/c1-31-12-26-22(30-31)13-5-8-16(20(33)9-13)18-11-25-23(29-28-18)32(15-6-7-15)19-10-14-3-2-4-17(27-14)21(19)24/h5,8-9,11-12,14-15,17,19,21,27,33H,2-4,6-7,10H2,1H3/t14-,17-,19-,21+/m0/s1. The van der Waals surface area contributed by atoms with E-state index >= 15 is 4.39 Å². The lowest BCUT2D eigenvalue weighted by atomic mass is 9.82. The summed E-state index contributed by atoms with van der Waals surface area (Å²) >= 11 is 0. The van der Waals surface area contributed by atoms with Gasteiger partial charge in [-0.05, 0) is 44.2 Å². The fourth-order valence-electron chi connectivity index (χ4n) is 5.25. The Morgan fingerprint density at radius 3 is 2.73 bits per heavy atom. The molecular weight excluding hydrogens is 423 g/mol. The van der Waals surface area contributed by atoms with Crippen LogP contribution >= 0.6 is 0 Å². The zero-order valence-corrected chi connectivity index (χ0v) is 18.5. The lowest BCUT2D eigenvalue weighted by molar-refractivity contribution is 0.103. The van der Waals surface area contributed by atoms with Gasteiger partial charge in [0.15, 0.2) is 5.82 Å². The Kier molecular flexibility index (Phi) is 4.97. The van der Waals surface area contributed by atoms with Gasteiger partial charge in [-0.3, -0.25) is 4.68 Å². The molecule has 0 amide bonds. The number of halogens is 1. The summed E-state index contributed by atoms with van der Waals surface area (Å²) in [6.07, 6.45) is 8.17. The Morgan fingerprint density at radius 1 is 1.15 bits per heavy atom. The van der Waals surface area contributed by atoms with Gasteiger partial charge in [-0.2, -0.15) is 5.10 Å². The van der Waals surface area contributed by atoms with Crippen molar-refractivity contribution in [3.63, 3.8) is 0 Å². The average Bonchev–Trinajstić information content (AvgIpc) is 3.57. The van der Waals surface area contributed by atoms with Gasteiger partial charge in [-0.25, -0.2) is 14.4 Å². The molecule has 6 rings (SSSR count). The van der Waals surface area contributed by atoms with Crippen LogP contribution in [0.25, 0.3) is 22.6 Å². The number of anilines is 1. The van der Waals surface area contributed by atoms with Crippen molar-refractivity contribution >= 4 is 5.95 Å². The number of phenols is 1. The summed E-state index contributed by atoms with van der Waals surface area (Å²) < 4.78 is 17.0. The summed E-state index contributed by atoms with van der Waals surface area (Å²) in [4.78, 5) is 10.9. The van der Waals surface area contributed by atoms with Crippen molar-refractivity contribution in [3.05, 3.63) is 30.7 Å². The highest BCUT2D eigenvalue weighted by Gasteiger charge is 2.47. The van der Waals surface area contributed by atoms with E-state index in [-0.39, 0.29) is 23.9 Å². The number of hydrogen-bond donors (Lipinski definition) is 2. The minimum atomic E-state index is -0.942. The molecule has 172 valence electrons. The first-order valence-electron chi connectivity index (χ1n) is 11.6. The average molecular weight is 451 g/mol.